The first kappa shape index (κ1) is 16.9. The van der Waals surface area contributed by atoms with Crippen LogP contribution in [-0.2, 0) is 9.59 Å². The maximum atomic E-state index is 13.5. The molecule has 0 radical (unpaired) electrons. The maximum absolute atomic E-state index is 13.5. The number of anilines is 1. The van der Waals surface area contributed by atoms with Crippen molar-refractivity contribution in [2.24, 2.45) is 11.8 Å². The van der Waals surface area contributed by atoms with Crippen LogP contribution in [0, 0.1) is 11.8 Å². The van der Waals surface area contributed by atoms with Crippen LogP contribution in [0.5, 0.6) is 0 Å². The summed E-state index contributed by atoms with van der Waals surface area (Å²) < 4.78 is 0. The fourth-order valence-corrected chi connectivity index (χ4v) is 5.63. The number of nitrogens with zero attached hydrogens (tertiary/aromatic N) is 3. The molecule has 5 nitrogen and oxygen atoms in total. The van der Waals surface area contributed by atoms with Crippen LogP contribution in [-0.4, -0.2) is 34.3 Å². The van der Waals surface area contributed by atoms with Gasteiger partial charge in [0, 0.05) is 11.4 Å². The number of pyridine rings is 1. The van der Waals surface area contributed by atoms with Crippen LogP contribution < -0.4 is 4.90 Å². The van der Waals surface area contributed by atoms with E-state index in [1.807, 2.05) is 60.7 Å². The van der Waals surface area contributed by atoms with E-state index >= 15 is 0 Å². The highest BCUT2D eigenvalue weighted by Gasteiger charge is 2.63. The number of para-hydroxylation sites is 2. The molecule has 1 aromatic heterocycles. The van der Waals surface area contributed by atoms with Gasteiger partial charge in [-0.2, -0.15) is 0 Å². The van der Waals surface area contributed by atoms with Crippen LogP contribution in [0.1, 0.15) is 24.6 Å². The van der Waals surface area contributed by atoms with E-state index in [9.17, 15) is 9.59 Å². The molecule has 4 heterocycles. The number of amides is 2. The minimum Gasteiger partial charge on any atom is -0.290 e. The molecule has 3 aliphatic heterocycles. The number of carbonyl (C=O) groups is 2. The third kappa shape index (κ3) is 2.34. The van der Waals surface area contributed by atoms with Crippen molar-refractivity contribution in [3.05, 3.63) is 72.4 Å². The Morgan fingerprint density at radius 1 is 0.828 bits per heavy atom. The number of rotatable bonds is 2. The molecule has 5 heteroatoms. The minimum absolute atomic E-state index is 0.0496. The van der Waals surface area contributed by atoms with Gasteiger partial charge in [-0.3, -0.25) is 19.5 Å². The van der Waals surface area contributed by atoms with Gasteiger partial charge in [0.2, 0.25) is 11.8 Å². The third-order valence-corrected chi connectivity index (χ3v) is 6.79. The molecule has 3 aromatic rings. The molecule has 3 fully saturated rings. The van der Waals surface area contributed by atoms with Crippen molar-refractivity contribution >= 4 is 28.4 Å². The van der Waals surface area contributed by atoms with E-state index < -0.39 is 0 Å². The molecule has 6 rings (SSSR count). The zero-order chi connectivity index (χ0) is 19.5. The summed E-state index contributed by atoms with van der Waals surface area (Å²) in [6.07, 6.45) is 2.03. The van der Waals surface area contributed by atoms with Crippen molar-refractivity contribution < 1.29 is 9.59 Å². The fourth-order valence-electron chi connectivity index (χ4n) is 5.63. The third-order valence-electron chi connectivity index (χ3n) is 6.79. The first-order valence-corrected chi connectivity index (χ1v) is 10.3. The molecular weight excluding hydrogens is 362 g/mol. The van der Waals surface area contributed by atoms with Gasteiger partial charge in [-0.25, -0.2) is 4.90 Å². The molecule has 0 bridgehead atoms. The van der Waals surface area contributed by atoms with Crippen molar-refractivity contribution in [3.63, 3.8) is 0 Å². The van der Waals surface area contributed by atoms with Gasteiger partial charge in [0.05, 0.1) is 34.8 Å². The second kappa shape index (κ2) is 6.22. The summed E-state index contributed by atoms with van der Waals surface area (Å²) in [7, 11) is 0. The SMILES string of the molecule is O=C1[C@@H]2[C@H](C(=O)N1c1ccccc1)[C@@H]1CCCN1[C@@H]2c1ccc2ccccc2n1. The second-order valence-corrected chi connectivity index (χ2v) is 8.22. The van der Waals surface area contributed by atoms with Crippen LogP contribution >= 0.6 is 0 Å². The summed E-state index contributed by atoms with van der Waals surface area (Å²) in [5.74, 6) is -0.767. The summed E-state index contributed by atoms with van der Waals surface area (Å²) in [4.78, 5) is 35.6. The van der Waals surface area contributed by atoms with Gasteiger partial charge in [-0.1, -0.05) is 42.5 Å². The van der Waals surface area contributed by atoms with E-state index in [1.165, 1.54) is 4.90 Å². The minimum atomic E-state index is -0.360. The zero-order valence-corrected chi connectivity index (χ0v) is 15.9. The van der Waals surface area contributed by atoms with Crippen LogP contribution in [0.4, 0.5) is 5.69 Å². The number of carbonyl (C=O) groups excluding carboxylic acids is 2. The number of imide groups is 1. The monoisotopic (exact) mass is 383 g/mol. The highest BCUT2D eigenvalue weighted by atomic mass is 16.2. The molecule has 2 aromatic carbocycles. The first-order chi connectivity index (χ1) is 14.2. The van der Waals surface area contributed by atoms with Gasteiger partial charge >= 0.3 is 0 Å². The van der Waals surface area contributed by atoms with E-state index in [4.69, 9.17) is 4.98 Å². The second-order valence-electron chi connectivity index (χ2n) is 8.22. The molecule has 29 heavy (non-hydrogen) atoms. The lowest BCUT2D eigenvalue weighted by Gasteiger charge is -2.28. The summed E-state index contributed by atoms with van der Waals surface area (Å²) in [5, 5.41) is 1.09. The van der Waals surface area contributed by atoms with Crippen molar-refractivity contribution in [3.8, 4) is 0 Å². The highest BCUT2D eigenvalue weighted by Crippen LogP contribution is 2.53. The van der Waals surface area contributed by atoms with Gasteiger partial charge in [-0.15, -0.1) is 0 Å². The number of benzene rings is 2. The van der Waals surface area contributed by atoms with Gasteiger partial charge in [0.1, 0.15) is 0 Å². The zero-order valence-electron chi connectivity index (χ0n) is 15.9. The molecule has 2 amide bonds. The number of hydrogen-bond acceptors (Lipinski definition) is 4. The topological polar surface area (TPSA) is 53.5 Å². The van der Waals surface area contributed by atoms with Crippen molar-refractivity contribution in [2.45, 2.75) is 24.9 Å². The Balaban J connectivity index is 1.46. The Morgan fingerprint density at radius 2 is 1.59 bits per heavy atom. The van der Waals surface area contributed by atoms with Crippen molar-refractivity contribution in [2.75, 3.05) is 11.4 Å². The average Bonchev–Trinajstić information content (AvgIpc) is 3.40. The van der Waals surface area contributed by atoms with Crippen LogP contribution in [0.15, 0.2) is 66.7 Å². The molecule has 144 valence electrons. The van der Waals surface area contributed by atoms with E-state index in [2.05, 4.69) is 11.0 Å². The predicted octanol–water partition coefficient (Wildman–Crippen LogP) is 3.56. The van der Waals surface area contributed by atoms with E-state index in [1.54, 1.807) is 0 Å². The quantitative estimate of drug-likeness (QED) is 0.635. The van der Waals surface area contributed by atoms with E-state index in [0.29, 0.717) is 5.69 Å². The molecule has 0 spiro atoms. The summed E-state index contributed by atoms with van der Waals surface area (Å²) in [6, 6.07) is 21.5. The number of fused-ring (bicyclic) bond motifs is 4. The molecule has 0 N–H and O–H groups in total. The van der Waals surface area contributed by atoms with Crippen LogP contribution in [0.2, 0.25) is 0 Å². The highest BCUT2D eigenvalue weighted by molar-refractivity contribution is 6.22. The lowest BCUT2D eigenvalue weighted by atomic mass is 9.86. The fraction of sp³-hybridized carbons (Fsp3) is 0.292. The first-order valence-electron chi connectivity index (χ1n) is 10.3. The van der Waals surface area contributed by atoms with Gasteiger partial charge < -0.3 is 0 Å². The summed E-state index contributed by atoms with van der Waals surface area (Å²) in [5.41, 5.74) is 2.51. The van der Waals surface area contributed by atoms with E-state index in [-0.39, 0.29) is 35.7 Å². The van der Waals surface area contributed by atoms with E-state index in [0.717, 1.165) is 36.0 Å². The lowest BCUT2D eigenvalue weighted by molar-refractivity contribution is -0.123. The molecule has 0 aliphatic carbocycles. The maximum Gasteiger partial charge on any atom is 0.239 e. The normalized spacial score (nSPS) is 28.9. The average molecular weight is 383 g/mol. The Bertz CT molecular complexity index is 1130. The summed E-state index contributed by atoms with van der Waals surface area (Å²) >= 11 is 0. The molecule has 4 atom stereocenters. The molecule has 0 saturated carbocycles. The molecular formula is C24H21N3O2. The molecule has 3 saturated heterocycles. The standard InChI is InChI=1S/C24H21N3O2/c28-23-20-19-11-6-14-26(19)22(18-13-12-15-7-4-5-10-17(15)25-18)21(20)24(29)27(23)16-8-2-1-3-9-16/h1-5,7-10,12-13,19-22H,6,11,14H2/t19-,20+,21+,22+/m0/s1. The Morgan fingerprint density at radius 3 is 2.45 bits per heavy atom. The van der Waals surface area contributed by atoms with Gasteiger partial charge in [-0.05, 0) is 43.7 Å². The smallest absolute Gasteiger partial charge is 0.239 e. The Kier molecular flexibility index (Phi) is 3.62. The number of hydrogen-bond donors (Lipinski definition) is 0. The van der Waals surface area contributed by atoms with Gasteiger partial charge in [0.15, 0.2) is 0 Å². The lowest BCUT2D eigenvalue weighted by Crippen LogP contribution is -2.39. The molecule has 0 unspecified atom stereocenters. The Hall–Kier alpha value is -3.05. The van der Waals surface area contributed by atoms with Crippen LogP contribution in [0.3, 0.4) is 0 Å². The largest absolute Gasteiger partial charge is 0.290 e. The van der Waals surface area contributed by atoms with Crippen LogP contribution in [0.25, 0.3) is 10.9 Å². The predicted molar refractivity (Wildman–Crippen MR) is 110 cm³/mol. The summed E-state index contributed by atoms with van der Waals surface area (Å²) in [6.45, 7) is 0.919. The number of aromatic nitrogens is 1. The molecule has 3 aliphatic rings. The Labute approximate surface area is 168 Å². The van der Waals surface area contributed by atoms with Crippen molar-refractivity contribution in [1.82, 2.24) is 9.88 Å². The van der Waals surface area contributed by atoms with Gasteiger partial charge in [0.25, 0.3) is 0 Å². The van der Waals surface area contributed by atoms with Crippen molar-refractivity contribution in [1.29, 1.82) is 0 Å².